The van der Waals surface area contributed by atoms with Gasteiger partial charge in [-0.15, -0.1) is 0 Å². The second-order valence-corrected chi connectivity index (χ2v) is 5.14. The van der Waals surface area contributed by atoms with Crippen molar-refractivity contribution in [2.24, 2.45) is 5.73 Å². The van der Waals surface area contributed by atoms with Crippen LogP contribution in [0.2, 0.25) is 0 Å². The molecule has 0 heterocycles. The summed E-state index contributed by atoms with van der Waals surface area (Å²) < 4.78 is 5.43. The molecule has 0 saturated heterocycles. The summed E-state index contributed by atoms with van der Waals surface area (Å²) in [5.74, 6) is -2.80. The van der Waals surface area contributed by atoms with E-state index in [1.807, 2.05) is 0 Å². The Balaban J connectivity index is 2.47. The lowest BCUT2D eigenvalue weighted by molar-refractivity contribution is -0.142. The average Bonchev–Trinajstić information content (AvgIpc) is 2.47. The highest BCUT2D eigenvalue weighted by atomic mass is 16.5. The molecule has 0 aliphatic rings. The summed E-state index contributed by atoms with van der Waals surface area (Å²) in [5, 5.41) is 26.2. The molecule has 24 heavy (non-hydrogen) atoms. The second-order valence-electron chi connectivity index (χ2n) is 5.14. The molecule has 5 N–H and O–H groups in total. The molecule has 0 bridgehead atoms. The molecule has 0 unspecified atom stereocenters. The molecule has 0 saturated carbocycles. The van der Waals surface area contributed by atoms with Gasteiger partial charge < -0.3 is 25.8 Å². The number of carboxylic acid groups (broad SMARTS) is 3. The molecular weight excluding hydrogens is 320 g/mol. The minimum Gasteiger partial charge on any atom is -0.492 e. The van der Waals surface area contributed by atoms with Gasteiger partial charge in [-0.3, -0.25) is 19.3 Å². The number of rotatable bonds is 11. The molecule has 0 radical (unpaired) electrons. The van der Waals surface area contributed by atoms with Crippen LogP contribution in [-0.2, 0) is 20.8 Å². The average molecular weight is 340 g/mol. The van der Waals surface area contributed by atoms with Crippen molar-refractivity contribution >= 4 is 17.9 Å². The summed E-state index contributed by atoms with van der Waals surface area (Å²) in [7, 11) is 0. The number of hydrogen-bond donors (Lipinski definition) is 4. The fourth-order valence-electron chi connectivity index (χ4n) is 1.95. The van der Waals surface area contributed by atoms with E-state index in [0.717, 1.165) is 5.56 Å². The lowest BCUT2D eigenvalue weighted by Crippen LogP contribution is -2.37. The molecule has 132 valence electrons. The summed E-state index contributed by atoms with van der Waals surface area (Å²) in [6.45, 7) is -0.512. The van der Waals surface area contributed by atoms with Crippen LogP contribution < -0.4 is 10.5 Å². The Hall–Kier alpha value is -2.65. The first-order chi connectivity index (χ1) is 11.3. The summed E-state index contributed by atoms with van der Waals surface area (Å²) in [5.41, 5.74) is 6.19. The molecular formula is C15H20N2O7. The number of ether oxygens (including phenoxy) is 1. The minimum absolute atomic E-state index is 0.120. The molecule has 0 aliphatic heterocycles. The highest BCUT2D eigenvalue weighted by Gasteiger charge is 2.14. The summed E-state index contributed by atoms with van der Waals surface area (Å²) in [4.78, 5) is 33.3. The van der Waals surface area contributed by atoms with Crippen LogP contribution in [0, 0.1) is 0 Å². The lowest BCUT2D eigenvalue weighted by atomic mass is 10.1. The third kappa shape index (κ3) is 7.56. The van der Waals surface area contributed by atoms with Gasteiger partial charge in [-0.2, -0.15) is 0 Å². The lowest BCUT2D eigenvalue weighted by Gasteiger charge is -2.18. The van der Waals surface area contributed by atoms with E-state index in [-0.39, 0.29) is 32.7 Å². The quantitative estimate of drug-likeness (QED) is 0.417. The van der Waals surface area contributed by atoms with Gasteiger partial charge in [-0.25, -0.2) is 0 Å². The molecule has 1 aromatic rings. The highest BCUT2D eigenvalue weighted by molar-refractivity contribution is 5.73. The Labute approximate surface area is 138 Å². The van der Waals surface area contributed by atoms with E-state index >= 15 is 0 Å². The Kier molecular flexibility index (Phi) is 7.66. The normalized spacial score (nSPS) is 11.9. The van der Waals surface area contributed by atoms with Crippen LogP contribution in [0.3, 0.4) is 0 Å². The fraction of sp³-hybridized carbons (Fsp3) is 0.400. The predicted molar refractivity (Wildman–Crippen MR) is 83.0 cm³/mol. The maximum atomic E-state index is 10.7. The van der Waals surface area contributed by atoms with Crippen molar-refractivity contribution in [2.75, 3.05) is 26.2 Å². The molecule has 9 nitrogen and oxygen atoms in total. The summed E-state index contributed by atoms with van der Waals surface area (Å²) in [6, 6.07) is 5.68. The van der Waals surface area contributed by atoms with E-state index in [9.17, 15) is 14.4 Å². The van der Waals surface area contributed by atoms with Gasteiger partial charge in [0, 0.05) is 6.54 Å². The van der Waals surface area contributed by atoms with E-state index in [0.29, 0.717) is 5.75 Å². The third-order valence-corrected chi connectivity index (χ3v) is 3.09. The van der Waals surface area contributed by atoms with Crippen LogP contribution in [0.15, 0.2) is 24.3 Å². The van der Waals surface area contributed by atoms with Crippen LogP contribution in [0.1, 0.15) is 5.56 Å². The van der Waals surface area contributed by atoms with Gasteiger partial charge in [0.25, 0.3) is 0 Å². The number of hydrogen-bond acceptors (Lipinski definition) is 6. The van der Waals surface area contributed by atoms with Crippen LogP contribution in [0.4, 0.5) is 0 Å². The second kappa shape index (κ2) is 9.48. The minimum atomic E-state index is -1.12. The van der Waals surface area contributed by atoms with E-state index < -0.39 is 23.9 Å². The standard InChI is InChI=1S/C15H20N2O7/c16-12(15(22)23)7-10-1-3-11(4-2-10)24-6-5-17(8-13(18)19)9-14(20)21/h1-4,12H,5-9,16H2,(H,18,19)(H,20,21)(H,22,23)/t12-/m0/s1. The number of carboxylic acids is 3. The topological polar surface area (TPSA) is 150 Å². The predicted octanol–water partition coefficient (Wildman–Crippen LogP) is -0.509. The van der Waals surface area contributed by atoms with Crippen LogP contribution >= 0.6 is 0 Å². The Morgan fingerprint density at radius 3 is 2.04 bits per heavy atom. The van der Waals surface area contributed by atoms with Gasteiger partial charge in [-0.1, -0.05) is 12.1 Å². The largest absolute Gasteiger partial charge is 0.492 e. The molecule has 1 rings (SSSR count). The van der Waals surface area contributed by atoms with Crippen molar-refractivity contribution in [1.82, 2.24) is 4.90 Å². The zero-order valence-electron chi connectivity index (χ0n) is 12.9. The SMILES string of the molecule is N[C@@H](Cc1ccc(OCCN(CC(=O)O)CC(=O)O)cc1)C(=O)O. The summed E-state index contributed by atoms with van der Waals surface area (Å²) in [6.07, 6.45) is 0.195. The monoisotopic (exact) mass is 340 g/mol. The molecule has 0 fully saturated rings. The molecule has 0 aromatic heterocycles. The van der Waals surface area contributed by atoms with E-state index in [1.165, 1.54) is 4.90 Å². The zero-order valence-corrected chi connectivity index (χ0v) is 12.9. The molecule has 0 amide bonds. The first kappa shape index (κ1) is 19.4. The zero-order chi connectivity index (χ0) is 18.1. The maximum absolute atomic E-state index is 10.7. The van der Waals surface area contributed by atoms with Gasteiger partial charge >= 0.3 is 17.9 Å². The van der Waals surface area contributed by atoms with Gasteiger partial charge in [0.15, 0.2) is 0 Å². The van der Waals surface area contributed by atoms with Gasteiger partial charge in [0.2, 0.25) is 0 Å². The summed E-state index contributed by atoms with van der Waals surface area (Å²) >= 11 is 0. The van der Waals surface area contributed by atoms with Gasteiger partial charge in [-0.05, 0) is 24.1 Å². The highest BCUT2D eigenvalue weighted by Crippen LogP contribution is 2.13. The van der Waals surface area contributed by atoms with Crippen LogP contribution in [0.5, 0.6) is 5.75 Å². The fourth-order valence-corrected chi connectivity index (χ4v) is 1.95. The molecule has 0 aliphatic carbocycles. The molecule has 1 aromatic carbocycles. The smallest absolute Gasteiger partial charge is 0.320 e. The third-order valence-electron chi connectivity index (χ3n) is 3.09. The number of benzene rings is 1. The van der Waals surface area contributed by atoms with E-state index in [2.05, 4.69) is 0 Å². The van der Waals surface area contributed by atoms with Gasteiger partial charge in [0.05, 0.1) is 13.1 Å². The number of nitrogens with two attached hydrogens (primary N) is 1. The van der Waals surface area contributed by atoms with E-state index in [1.54, 1.807) is 24.3 Å². The number of carbonyl (C=O) groups is 3. The van der Waals surface area contributed by atoms with Crippen molar-refractivity contribution in [3.05, 3.63) is 29.8 Å². The first-order valence-electron chi connectivity index (χ1n) is 7.14. The molecule has 0 spiro atoms. The van der Waals surface area contributed by atoms with Gasteiger partial charge in [0.1, 0.15) is 18.4 Å². The first-order valence-corrected chi connectivity index (χ1v) is 7.14. The van der Waals surface area contributed by atoms with Crippen molar-refractivity contribution in [1.29, 1.82) is 0 Å². The van der Waals surface area contributed by atoms with Crippen molar-refractivity contribution in [3.63, 3.8) is 0 Å². The van der Waals surface area contributed by atoms with Crippen molar-refractivity contribution in [3.8, 4) is 5.75 Å². The molecule has 9 heteroatoms. The number of nitrogens with zero attached hydrogens (tertiary/aromatic N) is 1. The number of aliphatic carboxylic acids is 3. The van der Waals surface area contributed by atoms with Crippen molar-refractivity contribution < 1.29 is 34.4 Å². The Morgan fingerprint density at radius 1 is 1.04 bits per heavy atom. The van der Waals surface area contributed by atoms with Crippen LogP contribution in [-0.4, -0.2) is 70.4 Å². The maximum Gasteiger partial charge on any atom is 0.320 e. The molecule has 1 atom stereocenters. The van der Waals surface area contributed by atoms with E-state index in [4.69, 9.17) is 25.8 Å². The van der Waals surface area contributed by atoms with Crippen molar-refractivity contribution in [2.45, 2.75) is 12.5 Å². The van der Waals surface area contributed by atoms with Crippen LogP contribution in [0.25, 0.3) is 0 Å². The Morgan fingerprint density at radius 2 is 1.58 bits per heavy atom. The Bertz CT molecular complexity index is 558.